The Morgan fingerprint density at radius 2 is 2.12 bits per heavy atom. The number of methoxy groups -OCH3 is 1. The van der Waals surface area contributed by atoms with Crippen molar-refractivity contribution in [3.05, 3.63) is 29.8 Å². The number of hydrogen-bond donors (Lipinski definition) is 3. The number of anilines is 1. The Morgan fingerprint density at radius 3 is 2.92 bits per heavy atom. The van der Waals surface area contributed by atoms with Gasteiger partial charge in [-0.2, -0.15) is 0 Å². The number of carbonyl (C=O) groups excluding carboxylic acids is 1. The molecule has 1 aliphatic heterocycles. The molecule has 0 spiro atoms. The summed E-state index contributed by atoms with van der Waals surface area (Å²) in [6.45, 7) is 5.18. The Bertz CT molecular complexity index is 574. The fourth-order valence-corrected chi connectivity index (χ4v) is 2.96. The van der Waals surface area contributed by atoms with Gasteiger partial charge in [0.25, 0.3) is 0 Å². The van der Waals surface area contributed by atoms with Gasteiger partial charge in [-0.3, -0.25) is 9.79 Å². The number of hydrogen-bond acceptors (Lipinski definition) is 3. The lowest BCUT2D eigenvalue weighted by Crippen LogP contribution is -2.38. The zero-order chi connectivity index (χ0) is 17.9. The summed E-state index contributed by atoms with van der Waals surface area (Å²) >= 11 is 0. The molecule has 1 aromatic carbocycles. The van der Waals surface area contributed by atoms with E-state index < -0.39 is 0 Å². The lowest BCUT2D eigenvalue weighted by Gasteiger charge is -2.24. The maximum Gasteiger partial charge on any atom is 0.225 e. The Morgan fingerprint density at radius 1 is 1.28 bits per heavy atom. The van der Waals surface area contributed by atoms with E-state index in [4.69, 9.17) is 9.73 Å². The van der Waals surface area contributed by atoms with Crippen molar-refractivity contribution >= 4 is 17.6 Å². The first-order valence-corrected chi connectivity index (χ1v) is 9.14. The van der Waals surface area contributed by atoms with E-state index in [-0.39, 0.29) is 11.8 Å². The third-order valence-electron chi connectivity index (χ3n) is 4.24. The number of aliphatic imine (C=N–C) groups is 1. The fraction of sp³-hybridized carbons (Fsp3) is 0.579. The zero-order valence-electron chi connectivity index (χ0n) is 15.3. The first-order chi connectivity index (χ1) is 12.2. The molecule has 0 bridgehead atoms. The highest BCUT2D eigenvalue weighted by molar-refractivity contribution is 5.94. The molecular weight excluding hydrogens is 316 g/mol. The summed E-state index contributed by atoms with van der Waals surface area (Å²) < 4.78 is 5.06. The summed E-state index contributed by atoms with van der Waals surface area (Å²) in [6.07, 6.45) is 3.79. The fourth-order valence-electron chi connectivity index (χ4n) is 2.96. The quantitative estimate of drug-likeness (QED) is 0.365. The van der Waals surface area contributed by atoms with Crippen molar-refractivity contribution in [2.24, 2.45) is 4.99 Å². The molecule has 3 N–H and O–H groups in total. The van der Waals surface area contributed by atoms with Gasteiger partial charge in [0.05, 0.1) is 6.54 Å². The minimum absolute atomic E-state index is 0.0648. The molecule has 1 amide bonds. The first kappa shape index (κ1) is 19.2. The van der Waals surface area contributed by atoms with Crippen LogP contribution in [0.1, 0.15) is 44.1 Å². The van der Waals surface area contributed by atoms with Crippen molar-refractivity contribution in [2.75, 3.05) is 38.7 Å². The van der Waals surface area contributed by atoms with Gasteiger partial charge in [0, 0.05) is 44.8 Å². The van der Waals surface area contributed by atoms with E-state index in [2.05, 4.69) is 28.9 Å². The molecule has 25 heavy (non-hydrogen) atoms. The van der Waals surface area contributed by atoms with Gasteiger partial charge in [-0.1, -0.05) is 18.2 Å². The molecule has 1 aliphatic rings. The Labute approximate surface area is 150 Å². The molecule has 1 aromatic rings. The van der Waals surface area contributed by atoms with Crippen molar-refractivity contribution in [3.63, 3.8) is 0 Å². The van der Waals surface area contributed by atoms with Gasteiger partial charge in [-0.05, 0) is 37.8 Å². The molecule has 0 aromatic heterocycles. The lowest BCUT2D eigenvalue weighted by atomic mass is 9.91. The second-order valence-corrected chi connectivity index (χ2v) is 6.24. The van der Waals surface area contributed by atoms with Crippen LogP contribution in [-0.2, 0) is 9.53 Å². The third-order valence-corrected chi connectivity index (χ3v) is 4.24. The van der Waals surface area contributed by atoms with E-state index in [9.17, 15) is 4.79 Å². The first-order valence-electron chi connectivity index (χ1n) is 9.14. The lowest BCUT2D eigenvalue weighted by molar-refractivity contribution is -0.116. The number of ether oxygens (including phenoxy) is 1. The highest BCUT2D eigenvalue weighted by Crippen LogP contribution is 2.31. The number of carbonyl (C=O) groups is 1. The van der Waals surface area contributed by atoms with Crippen LogP contribution in [-0.4, -0.2) is 45.2 Å². The largest absolute Gasteiger partial charge is 0.385 e. The number of benzene rings is 1. The SMILES string of the molecule is CCNC(=NCC1CC(=O)Nc2ccccc21)NCCCCCOC. The molecule has 0 saturated heterocycles. The van der Waals surface area contributed by atoms with E-state index in [1.807, 2.05) is 18.2 Å². The molecule has 0 fully saturated rings. The molecule has 1 heterocycles. The molecule has 6 nitrogen and oxygen atoms in total. The van der Waals surface area contributed by atoms with E-state index in [1.54, 1.807) is 7.11 Å². The number of fused-ring (bicyclic) bond motifs is 1. The Kier molecular flexibility index (Phi) is 8.25. The third kappa shape index (κ3) is 6.38. The Balaban J connectivity index is 1.89. The molecular formula is C19H30N4O2. The highest BCUT2D eigenvalue weighted by Gasteiger charge is 2.24. The smallest absolute Gasteiger partial charge is 0.225 e. The van der Waals surface area contributed by atoms with E-state index >= 15 is 0 Å². The van der Waals surface area contributed by atoms with Crippen LogP contribution in [0.25, 0.3) is 0 Å². The van der Waals surface area contributed by atoms with Gasteiger partial charge < -0.3 is 20.7 Å². The second kappa shape index (κ2) is 10.7. The summed E-state index contributed by atoms with van der Waals surface area (Å²) in [5.74, 6) is 1.01. The van der Waals surface area contributed by atoms with Gasteiger partial charge in [-0.25, -0.2) is 0 Å². The number of amides is 1. The second-order valence-electron chi connectivity index (χ2n) is 6.24. The standard InChI is InChI=1S/C19H30N4O2/c1-3-20-19(21-11-7-4-8-12-25-2)22-14-15-13-18(24)23-17-10-6-5-9-16(15)17/h5-6,9-10,15H,3-4,7-8,11-14H2,1-2H3,(H,23,24)(H2,20,21,22). The minimum atomic E-state index is 0.0648. The molecule has 0 aliphatic carbocycles. The normalized spacial score (nSPS) is 17.0. The molecule has 1 atom stereocenters. The maximum atomic E-state index is 11.9. The van der Waals surface area contributed by atoms with Crippen LogP contribution in [0, 0.1) is 0 Å². The van der Waals surface area contributed by atoms with Crippen LogP contribution in [0.3, 0.4) is 0 Å². The van der Waals surface area contributed by atoms with Crippen LogP contribution in [0.5, 0.6) is 0 Å². The number of unbranched alkanes of at least 4 members (excludes halogenated alkanes) is 2. The monoisotopic (exact) mass is 346 g/mol. The predicted molar refractivity (Wildman–Crippen MR) is 102 cm³/mol. The van der Waals surface area contributed by atoms with Crippen LogP contribution in [0.15, 0.2) is 29.3 Å². The van der Waals surface area contributed by atoms with Crippen molar-refractivity contribution in [1.82, 2.24) is 10.6 Å². The number of para-hydroxylation sites is 1. The minimum Gasteiger partial charge on any atom is -0.385 e. The predicted octanol–water partition coefficient (Wildman–Crippen LogP) is 2.48. The topological polar surface area (TPSA) is 74.8 Å². The van der Waals surface area contributed by atoms with Gasteiger partial charge in [0.1, 0.15) is 0 Å². The summed E-state index contributed by atoms with van der Waals surface area (Å²) in [6, 6.07) is 7.98. The van der Waals surface area contributed by atoms with Crippen molar-refractivity contribution in [3.8, 4) is 0 Å². The van der Waals surface area contributed by atoms with E-state index in [0.717, 1.165) is 50.6 Å². The van der Waals surface area contributed by atoms with Crippen LogP contribution in [0.2, 0.25) is 0 Å². The van der Waals surface area contributed by atoms with Crippen LogP contribution in [0.4, 0.5) is 5.69 Å². The molecule has 0 radical (unpaired) electrons. The molecule has 138 valence electrons. The number of guanidine groups is 1. The molecule has 6 heteroatoms. The average Bonchev–Trinajstić information content (AvgIpc) is 2.62. The highest BCUT2D eigenvalue weighted by atomic mass is 16.5. The van der Waals surface area contributed by atoms with E-state index in [0.29, 0.717) is 13.0 Å². The van der Waals surface area contributed by atoms with Gasteiger partial charge >= 0.3 is 0 Å². The van der Waals surface area contributed by atoms with Crippen LogP contribution >= 0.6 is 0 Å². The summed E-state index contributed by atoms with van der Waals surface area (Å²) in [4.78, 5) is 16.6. The van der Waals surface area contributed by atoms with Gasteiger partial charge in [0.15, 0.2) is 5.96 Å². The molecule has 1 unspecified atom stereocenters. The summed E-state index contributed by atoms with van der Waals surface area (Å²) in [5.41, 5.74) is 2.08. The van der Waals surface area contributed by atoms with E-state index in [1.165, 1.54) is 5.56 Å². The summed E-state index contributed by atoms with van der Waals surface area (Å²) in [5, 5.41) is 9.58. The molecule has 0 saturated carbocycles. The van der Waals surface area contributed by atoms with Gasteiger partial charge in [-0.15, -0.1) is 0 Å². The van der Waals surface area contributed by atoms with Gasteiger partial charge in [0.2, 0.25) is 5.91 Å². The van der Waals surface area contributed by atoms with Crippen molar-refractivity contribution in [1.29, 1.82) is 0 Å². The van der Waals surface area contributed by atoms with Crippen LogP contribution < -0.4 is 16.0 Å². The average molecular weight is 346 g/mol. The zero-order valence-corrected chi connectivity index (χ0v) is 15.3. The number of nitrogens with zero attached hydrogens (tertiary/aromatic N) is 1. The summed E-state index contributed by atoms with van der Waals surface area (Å²) in [7, 11) is 1.73. The maximum absolute atomic E-state index is 11.9. The number of rotatable bonds is 9. The Hall–Kier alpha value is -2.08. The molecule has 2 rings (SSSR count). The van der Waals surface area contributed by atoms with Crippen molar-refractivity contribution < 1.29 is 9.53 Å². The van der Waals surface area contributed by atoms with Crippen molar-refractivity contribution in [2.45, 2.75) is 38.5 Å². The number of nitrogens with one attached hydrogen (secondary N) is 3.